The van der Waals surface area contributed by atoms with Gasteiger partial charge in [-0.15, -0.1) is 0 Å². The van der Waals surface area contributed by atoms with Crippen LogP contribution in [0, 0.1) is 6.92 Å². The minimum Gasteiger partial charge on any atom is -0.507 e. The fourth-order valence-electron chi connectivity index (χ4n) is 4.04. The van der Waals surface area contributed by atoms with Crippen molar-refractivity contribution >= 4 is 29.1 Å². The molecule has 0 unspecified atom stereocenters. The van der Waals surface area contributed by atoms with Crippen LogP contribution in [0.5, 0.6) is 0 Å². The third-order valence-corrected chi connectivity index (χ3v) is 6.06. The molecular formula is C24H25ClN2O4. The second kappa shape index (κ2) is 9.22. The number of carbonyl (C=O) groups is 2. The second-order valence-electron chi connectivity index (χ2n) is 7.86. The summed E-state index contributed by atoms with van der Waals surface area (Å²) in [7, 11) is 0. The molecule has 2 fully saturated rings. The highest BCUT2D eigenvalue weighted by Crippen LogP contribution is 2.39. The first-order valence-corrected chi connectivity index (χ1v) is 10.7. The Bertz CT molecular complexity index is 995. The molecule has 2 saturated heterocycles. The molecule has 1 N–H and O–H groups in total. The Morgan fingerprint density at radius 3 is 2.32 bits per heavy atom. The average molecular weight is 441 g/mol. The van der Waals surface area contributed by atoms with Crippen LogP contribution in [0.1, 0.15) is 22.7 Å². The minimum atomic E-state index is -0.667. The van der Waals surface area contributed by atoms with Gasteiger partial charge < -0.3 is 14.7 Å². The number of ether oxygens (including phenoxy) is 1. The molecule has 162 valence electrons. The first-order valence-electron chi connectivity index (χ1n) is 10.4. The fraction of sp³-hybridized carbons (Fsp3) is 0.333. The van der Waals surface area contributed by atoms with Gasteiger partial charge in [0, 0.05) is 36.8 Å². The molecule has 0 radical (unpaired) electrons. The van der Waals surface area contributed by atoms with Gasteiger partial charge in [-0.1, -0.05) is 53.6 Å². The number of aliphatic hydroxyl groups excluding tert-OH is 1. The van der Waals surface area contributed by atoms with Crippen molar-refractivity contribution < 1.29 is 19.4 Å². The lowest BCUT2D eigenvalue weighted by Crippen LogP contribution is -2.42. The van der Waals surface area contributed by atoms with E-state index in [0.717, 1.165) is 24.2 Å². The van der Waals surface area contributed by atoms with E-state index in [1.54, 1.807) is 41.3 Å². The zero-order valence-corrected chi connectivity index (χ0v) is 18.1. The lowest BCUT2D eigenvalue weighted by atomic mass is 9.95. The van der Waals surface area contributed by atoms with Crippen LogP contribution < -0.4 is 0 Å². The van der Waals surface area contributed by atoms with E-state index in [-0.39, 0.29) is 11.3 Å². The molecule has 0 aromatic heterocycles. The first-order chi connectivity index (χ1) is 15.0. The van der Waals surface area contributed by atoms with Gasteiger partial charge in [-0.2, -0.15) is 0 Å². The van der Waals surface area contributed by atoms with Crippen molar-refractivity contribution in [3.05, 3.63) is 75.8 Å². The maximum Gasteiger partial charge on any atom is 0.295 e. The zero-order valence-electron chi connectivity index (χ0n) is 17.4. The molecule has 1 atom stereocenters. The smallest absolute Gasteiger partial charge is 0.295 e. The fourth-order valence-corrected chi connectivity index (χ4v) is 4.17. The van der Waals surface area contributed by atoms with Gasteiger partial charge in [0.05, 0.1) is 24.8 Å². The van der Waals surface area contributed by atoms with Crippen LogP contribution in [0.15, 0.2) is 54.1 Å². The number of halogens is 1. The lowest BCUT2D eigenvalue weighted by Gasteiger charge is -2.31. The number of benzene rings is 2. The van der Waals surface area contributed by atoms with E-state index in [0.29, 0.717) is 36.9 Å². The third kappa shape index (κ3) is 4.51. The van der Waals surface area contributed by atoms with Crippen LogP contribution >= 0.6 is 11.6 Å². The van der Waals surface area contributed by atoms with E-state index in [9.17, 15) is 14.7 Å². The normalized spacial score (nSPS) is 21.6. The summed E-state index contributed by atoms with van der Waals surface area (Å²) in [5.74, 6) is -1.42. The molecule has 2 heterocycles. The number of aliphatic hydroxyl groups is 1. The second-order valence-corrected chi connectivity index (χ2v) is 8.30. The Labute approximate surface area is 186 Å². The predicted molar refractivity (Wildman–Crippen MR) is 119 cm³/mol. The quantitative estimate of drug-likeness (QED) is 0.438. The number of hydrogen-bond donors (Lipinski definition) is 1. The minimum absolute atomic E-state index is 0.109. The van der Waals surface area contributed by atoms with Gasteiger partial charge in [-0.3, -0.25) is 14.5 Å². The molecule has 2 aromatic carbocycles. The molecule has 31 heavy (non-hydrogen) atoms. The molecule has 2 aromatic rings. The molecule has 7 heteroatoms. The first kappa shape index (κ1) is 21.6. The van der Waals surface area contributed by atoms with Crippen LogP contribution in [0.3, 0.4) is 0 Å². The van der Waals surface area contributed by atoms with Gasteiger partial charge in [0.2, 0.25) is 0 Å². The summed E-state index contributed by atoms with van der Waals surface area (Å²) >= 11 is 6.06. The van der Waals surface area contributed by atoms with Crippen LogP contribution in [0.2, 0.25) is 5.02 Å². The topological polar surface area (TPSA) is 70.1 Å². The number of hydrogen-bond acceptors (Lipinski definition) is 5. The molecular weight excluding hydrogens is 416 g/mol. The Morgan fingerprint density at radius 1 is 1.03 bits per heavy atom. The number of carbonyl (C=O) groups excluding carboxylic acids is 2. The highest BCUT2D eigenvalue weighted by Gasteiger charge is 2.46. The Kier molecular flexibility index (Phi) is 6.41. The lowest BCUT2D eigenvalue weighted by molar-refractivity contribution is -0.140. The van der Waals surface area contributed by atoms with Crippen LogP contribution in [-0.4, -0.2) is 66.0 Å². The van der Waals surface area contributed by atoms with Crippen molar-refractivity contribution in [3.63, 3.8) is 0 Å². The van der Waals surface area contributed by atoms with Gasteiger partial charge in [0.15, 0.2) is 0 Å². The van der Waals surface area contributed by atoms with E-state index in [4.69, 9.17) is 16.3 Å². The number of likely N-dealkylation sites (tertiary alicyclic amines) is 1. The van der Waals surface area contributed by atoms with E-state index in [1.807, 2.05) is 19.1 Å². The summed E-state index contributed by atoms with van der Waals surface area (Å²) in [6.45, 7) is 5.85. The summed E-state index contributed by atoms with van der Waals surface area (Å²) < 4.78 is 5.39. The van der Waals surface area contributed by atoms with Crippen LogP contribution in [-0.2, 0) is 14.3 Å². The van der Waals surface area contributed by atoms with Crippen molar-refractivity contribution in [2.45, 2.75) is 13.0 Å². The summed E-state index contributed by atoms with van der Waals surface area (Å²) in [6, 6.07) is 13.6. The maximum absolute atomic E-state index is 13.0. The highest BCUT2D eigenvalue weighted by molar-refractivity contribution is 6.46. The molecule has 0 spiro atoms. The van der Waals surface area contributed by atoms with Crippen molar-refractivity contribution in [2.75, 3.05) is 39.4 Å². The molecule has 4 rings (SSSR count). The molecule has 1 amide bonds. The summed E-state index contributed by atoms with van der Waals surface area (Å²) in [5.41, 5.74) is 2.39. The summed E-state index contributed by atoms with van der Waals surface area (Å²) in [5, 5.41) is 11.6. The molecule has 2 aliphatic rings. The molecule has 0 aliphatic carbocycles. The summed E-state index contributed by atoms with van der Waals surface area (Å²) in [6.07, 6.45) is 0. The molecule has 6 nitrogen and oxygen atoms in total. The van der Waals surface area contributed by atoms with Crippen LogP contribution in [0.4, 0.5) is 0 Å². The van der Waals surface area contributed by atoms with Crippen molar-refractivity contribution in [2.24, 2.45) is 0 Å². The number of Topliss-reactive ketones (excluding diaryl/α,β-unsaturated/α-hetero) is 1. The van der Waals surface area contributed by atoms with Gasteiger partial charge in [0.25, 0.3) is 11.7 Å². The van der Waals surface area contributed by atoms with E-state index >= 15 is 0 Å². The number of morpholine rings is 1. The van der Waals surface area contributed by atoms with E-state index < -0.39 is 17.7 Å². The molecule has 0 bridgehead atoms. The van der Waals surface area contributed by atoms with Gasteiger partial charge in [-0.25, -0.2) is 0 Å². The highest BCUT2D eigenvalue weighted by atomic mass is 35.5. The number of amides is 1. The van der Waals surface area contributed by atoms with Crippen LogP contribution in [0.25, 0.3) is 5.76 Å². The molecule has 0 saturated carbocycles. The number of ketones is 1. The standard InChI is InChI=1S/C24H25ClN2O4/c1-16-2-4-18(5-3-16)22(28)20-21(17-6-8-19(25)9-7-17)27(24(30)23(20)29)11-10-26-12-14-31-15-13-26/h2-9,21,28H,10-15H2,1H3/t21-/m0/s1. The number of nitrogens with zero attached hydrogens (tertiary/aromatic N) is 2. The Hall–Kier alpha value is -2.67. The molecule has 2 aliphatic heterocycles. The van der Waals surface area contributed by atoms with Gasteiger partial charge in [-0.05, 0) is 24.6 Å². The number of rotatable bonds is 5. The maximum atomic E-state index is 13.0. The van der Waals surface area contributed by atoms with Crippen molar-refractivity contribution in [1.29, 1.82) is 0 Å². The van der Waals surface area contributed by atoms with E-state index in [2.05, 4.69) is 4.90 Å². The predicted octanol–water partition coefficient (Wildman–Crippen LogP) is 3.40. The van der Waals surface area contributed by atoms with Crippen molar-refractivity contribution in [3.8, 4) is 0 Å². The SMILES string of the molecule is Cc1ccc(C(O)=C2C(=O)C(=O)N(CCN3CCOCC3)[C@H]2c2ccc(Cl)cc2)cc1. The largest absolute Gasteiger partial charge is 0.507 e. The Morgan fingerprint density at radius 2 is 1.68 bits per heavy atom. The Balaban J connectivity index is 1.72. The zero-order chi connectivity index (χ0) is 22.0. The monoisotopic (exact) mass is 440 g/mol. The van der Waals surface area contributed by atoms with Gasteiger partial charge in [0.1, 0.15) is 5.76 Å². The van der Waals surface area contributed by atoms with E-state index in [1.165, 1.54) is 0 Å². The number of aryl methyl sites for hydroxylation is 1. The summed E-state index contributed by atoms with van der Waals surface area (Å²) in [4.78, 5) is 29.8. The average Bonchev–Trinajstić information content (AvgIpc) is 3.04. The van der Waals surface area contributed by atoms with Crippen molar-refractivity contribution in [1.82, 2.24) is 9.80 Å². The third-order valence-electron chi connectivity index (χ3n) is 5.81. The van der Waals surface area contributed by atoms with Gasteiger partial charge >= 0.3 is 0 Å².